The summed E-state index contributed by atoms with van der Waals surface area (Å²) in [6.07, 6.45) is 1.82. The number of rotatable bonds is 3. The molecule has 2 aromatic carbocycles. The van der Waals surface area contributed by atoms with Gasteiger partial charge in [0.1, 0.15) is 6.33 Å². The van der Waals surface area contributed by atoms with Crippen LogP contribution in [0.1, 0.15) is 28.4 Å². The van der Waals surface area contributed by atoms with Gasteiger partial charge in [-0.3, -0.25) is 4.79 Å². The van der Waals surface area contributed by atoms with Crippen molar-refractivity contribution in [3.05, 3.63) is 66.0 Å². The van der Waals surface area contributed by atoms with E-state index in [9.17, 15) is 13.2 Å². The van der Waals surface area contributed by atoms with E-state index < -0.39 is 9.84 Å². The molecular weight excluding hydrogens is 354 g/mol. The number of hydrogen-bond donors (Lipinski definition) is 1. The Bertz CT molecular complexity index is 1050. The molecule has 4 rings (SSSR count). The summed E-state index contributed by atoms with van der Waals surface area (Å²) >= 11 is 0. The molecular formula is C17H15N5O3S. The number of amides is 1. The minimum atomic E-state index is -3.28. The second-order valence-electron chi connectivity index (χ2n) is 5.97. The van der Waals surface area contributed by atoms with Crippen LogP contribution in [0.15, 0.2) is 59.8 Å². The van der Waals surface area contributed by atoms with Crippen molar-refractivity contribution in [2.75, 3.05) is 5.75 Å². The van der Waals surface area contributed by atoms with Gasteiger partial charge in [0.2, 0.25) is 0 Å². The lowest BCUT2D eigenvalue weighted by atomic mass is 10.0. The molecule has 9 heteroatoms. The first kappa shape index (κ1) is 16.4. The maximum atomic E-state index is 12.6. The summed E-state index contributed by atoms with van der Waals surface area (Å²) in [6.45, 7) is 0. The highest BCUT2D eigenvalue weighted by Crippen LogP contribution is 2.32. The Morgan fingerprint density at radius 1 is 1.12 bits per heavy atom. The molecule has 0 radical (unpaired) electrons. The normalized spacial score (nSPS) is 18.1. The van der Waals surface area contributed by atoms with Gasteiger partial charge < -0.3 is 5.32 Å². The van der Waals surface area contributed by atoms with Gasteiger partial charge >= 0.3 is 0 Å². The number of tetrazole rings is 1. The van der Waals surface area contributed by atoms with E-state index in [1.807, 2.05) is 0 Å². The fourth-order valence-electron chi connectivity index (χ4n) is 3.03. The fourth-order valence-corrected chi connectivity index (χ4v) is 4.65. The Morgan fingerprint density at radius 2 is 1.88 bits per heavy atom. The first-order chi connectivity index (χ1) is 12.5. The smallest absolute Gasteiger partial charge is 0.251 e. The van der Waals surface area contributed by atoms with Crippen LogP contribution in [0.2, 0.25) is 0 Å². The minimum absolute atomic E-state index is 0.0210. The predicted octanol–water partition coefficient (Wildman–Crippen LogP) is 1.31. The lowest BCUT2D eigenvalue weighted by Gasteiger charge is -2.26. The summed E-state index contributed by atoms with van der Waals surface area (Å²) in [7, 11) is -3.28. The van der Waals surface area contributed by atoms with Crippen molar-refractivity contribution in [1.29, 1.82) is 0 Å². The van der Waals surface area contributed by atoms with E-state index in [2.05, 4.69) is 20.8 Å². The zero-order chi connectivity index (χ0) is 18.1. The Balaban J connectivity index is 1.55. The van der Waals surface area contributed by atoms with Crippen LogP contribution in [0.3, 0.4) is 0 Å². The van der Waals surface area contributed by atoms with Gasteiger partial charge in [-0.1, -0.05) is 18.2 Å². The molecule has 0 saturated heterocycles. The molecule has 1 aliphatic rings. The van der Waals surface area contributed by atoms with Crippen molar-refractivity contribution in [3.8, 4) is 5.69 Å². The Kier molecular flexibility index (Phi) is 4.00. The Labute approximate surface area is 149 Å². The fraction of sp³-hybridized carbons (Fsp3) is 0.176. The van der Waals surface area contributed by atoms with Crippen LogP contribution in [0.4, 0.5) is 0 Å². The summed E-state index contributed by atoms with van der Waals surface area (Å²) in [4.78, 5) is 12.9. The van der Waals surface area contributed by atoms with Gasteiger partial charge in [0.15, 0.2) is 9.84 Å². The van der Waals surface area contributed by atoms with Crippen molar-refractivity contribution in [2.45, 2.75) is 17.4 Å². The van der Waals surface area contributed by atoms with E-state index in [1.165, 1.54) is 11.0 Å². The van der Waals surface area contributed by atoms with Crippen LogP contribution in [0.5, 0.6) is 0 Å². The summed E-state index contributed by atoms with van der Waals surface area (Å²) in [5, 5.41) is 13.9. The molecule has 26 heavy (non-hydrogen) atoms. The van der Waals surface area contributed by atoms with Crippen molar-refractivity contribution >= 4 is 15.7 Å². The maximum absolute atomic E-state index is 12.6. The highest BCUT2D eigenvalue weighted by molar-refractivity contribution is 7.91. The quantitative estimate of drug-likeness (QED) is 0.746. The SMILES string of the molecule is O=C(N[C@@H]1CCS(=O)(=O)c2ccccc21)c1ccc(-n2cnnn2)cc1. The third kappa shape index (κ3) is 2.97. The molecule has 8 nitrogen and oxygen atoms in total. The summed E-state index contributed by atoms with van der Waals surface area (Å²) in [5.41, 5.74) is 1.85. The molecule has 132 valence electrons. The molecule has 1 N–H and O–H groups in total. The van der Waals surface area contributed by atoms with E-state index in [4.69, 9.17) is 0 Å². The van der Waals surface area contributed by atoms with Crippen molar-refractivity contribution < 1.29 is 13.2 Å². The second kappa shape index (κ2) is 6.34. The molecule has 0 unspecified atom stereocenters. The molecule has 1 aliphatic heterocycles. The topological polar surface area (TPSA) is 107 Å². The molecule has 0 fully saturated rings. The van der Waals surface area contributed by atoms with Crippen LogP contribution >= 0.6 is 0 Å². The molecule has 1 aromatic heterocycles. The van der Waals surface area contributed by atoms with E-state index in [0.717, 1.165) is 5.69 Å². The van der Waals surface area contributed by atoms with Gasteiger partial charge in [0.25, 0.3) is 5.91 Å². The van der Waals surface area contributed by atoms with Gasteiger partial charge in [-0.05, 0) is 52.7 Å². The molecule has 1 atom stereocenters. The molecule has 1 amide bonds. The maximum Gasteiger partial charge on any atom is 0.251 e. The molecule has 2 heterocycles. The van der Waals surface area contributed by atoms with Crippen LogP contribution in [0.25, 0.3) is 5.69 Å². The molecule has 0 aliphatic carbocycles. The van der Waals surface area contributed by atoms with Gasteiger partial charge in [0.05, 0.1) is 22.4 Å². The molecule has 0 saturated carbocycles. The first-order valence-electron chi connectivity index (χ1n) is 8.00. The lowest BCUT2D eigenvalue weighted by molar-refractivity contribution is 0.0934. The number of benzene rings is 2. The Morgan fingerprint density at radius 3 is 2.62 bits per heavy atom. The number of sulfone groups is 1. The van der Waals surface area contributed by atoms with Crippen LogP contribution in [-0.2, 0) is 9.84 Å². The van der Waals surface area contributed by atoms with Gasteiger partial charge in [-0.2, -0.15) is 0 Å². The number of nitrogens with one attached hydrogen (secondary N) is 1. The van der Waals surface area contributed by atoms with E-state index in [1.54, 1.807) is 48.5 Å². The highest BCUT2D eigenvalue weighted by atomic mass is 32.2. The van der Waals surface area contributed by atoms with Crippen molar-refractivity contribution in [1.82, 2.24) is 25.5 Å². The first-order valence-corrected chi connectivity index (χ1v) is 9.66. The highest BCUT2D eigenvalue weighted by Gasteiger charge is 2.30. The van der Waals surface area contributed by atoms with Crippen LogP contribution in [0, 0.1) is 0 Å². The van der Waals surface area contributed by atoms with Crippen molar-refractivity contribution in [2.24, 2.45) is 0 Å². The van der Waals surface area contributed by atoms with E-state index in [0.29, 0.717) is 22.4 Å². The number of carbonyl (C=O) groups excluding carboxylic acids is 1. The molecule has 3 aromatic rings. The molecule has 0 spiro atoms. The zero-order valence-electron chi connectivity index (χ0n) is 13.6. The number of carbonyl (C=O) groups is 1. The minimum Gasteiger partial charge on any atom is -0.345 e. The van der Waals surface area contributed by atoms with Crippen LogP contribution in [-0.4, -0.2) is 40.3 Å². The largest absolute Gasteiger partial charge is 0.345 e. The average molecular weight is 369 g/mol. The number of hydrogen-bond acceptors (Lipinski definition) is 6. The Hall–Kier alpha value is -3.07. The summed E-state index contributed by atoms with van der Waals surface area (Å²) < 4.78 is 25.9. The lowest BCUT2D eigenvalue weighted by Crippen LogP contribution is -2.33. The number of nitrogens with zero attached hydrogens (tertiary/aromatic N) is 4. The zero-order valence-corrected chi connectivity index (χ0v) is 14.4. The number of aromatic nitrogens is 4. The van der Waals surface area contributed by atoms with E-state index >= 15 is 0 Å². The molecule has 0 bridgehead atoms. The predicted molar refractivity (Wildman–Crippen MR) is 92.5 cm³/mol. The average Bonchev–Trinajstić information content (AvgIpc) is 3.19. The van der Waals surface area contributed by atoms with Crippen LogP contribution < -0.4 is 5.32 Å². The summed E-state index contributed by atoms with van der Waals surface area (Å²) in [5.74, 6) is -0.236. The summed E-state index contributed by atoms with van der Waals surface area (Å²) in [6, 6.07) is 13.3. The standard InChI is InChI=1S/C17H15N5O3S/c23-17(12-5-7-13(8-6-12)22-11-18-20-21-22)19-15-9-10-26(24,25)16-4-2-1-3-14(15)16/h1-8,11,15H,9-10H2,(H,19,23)/t15-/m1/s1. The van der Waals surface area contributed by atoms with Gasteiger partial charge in [-0.15, -0.1) is 5.10 Å². The van der Waals surface area contributed by atoms with Gasteiger partial charge in [0, 0.05) is 5.56 Å². The third-order valence-electron chi connectivity index (χ3n) is 4.35. The van der Waals surface area contributed by atoms with Crippen molar-refractivity contribution in [3.63, 3.8) is 0 Å². The van der Waals surface area contributed by atoms with Gasteiger partial charge in [-0.25, -0.2) is 13.1 Å². The second-order valence-corrected chi connectivity index (χ2v) is 8.05. The third-order valence-corrected chi connectivity index (χ3v) is 6.17. The van der Waals surface area contributed by atoms with E-state index in [-0.39, 0.29) is 17.7 Å². The monoisotopic (exact) mass is 369 g/mol. The number of fused-ring (bicyclic) bond motifs is 1.